The lowest BCUT2D eigenvalue weighted by Gasteiger charge is -2.39. The number of aliphatic hydroxyl groups is 3. The summed E-state index contributed by atoms with van der Waals surface area (Å²) in [6.45, 7) is -0.193. The smallest absolute Gasteiger partial charge is 0.313 e. The Kier molecular flexibility index (Phi) is 10.8. The molecule has 13 nitrogen and oxygen atoms in total. The molecule has 3 rings (SSSR count). The fourth-order valence-corrected chi connectivity index (χ4v) is 3.52. The molecular formula is C22H25F5N4O9. The van der Waals surface area contributed by atoms with Gasteiger partial charge < -0.3 is 40.0 Å². The SMILES string of the molecule is NC(=O)C[C@H]1O[C@H](OCCc2cn(CCOCCC(=O)Oc3c(F)c(F)c(F)c(F)c3F)nn2)[C@@H](O)[C@@H](O)[C@@H]1O. The molecule has 0 spiro atoms. The maximum Gasteiger partial charge on any atom is 0.313 e. The molecule has 18 heteroatoms. The fourth-order valence-electron chi connectivity index (χ4n) is 3.52. The van der Waals surface area contributed by atoms with Crippen LogP contribution in [-0.2, 0) is 36.8 Å². The maximum atomic E-state index is 13.6. The summed E-state index contributed by atoms with van der Waals surface area (Å²) in [6.07, 6.45) is -6.49. The summed E-state index contributed by atoms with van der Waals surface area (Å²) in [4.78, 5) is 22.8. The average Bonchev–Trinajstić information content (AvgIpc) is 3.37. The van der Waals surface area contributed by atoms with Gasteiger partial charge in [-0.3, -0.25) is 9.59 Å². The minimum absolute atomic E-state index is 0.00131. The summed E-state index contributed by atoms with van der Waals surface area (Å²) < 4.78 is 88.1. The Morgan fingerprint density at radius 1 is 0.950 bits per heavy atom. The van der Waals surface area contributed by atoms with Gasteiger partial charge in [0.1, 0.15) is 18.3 Å². The van der Waals surface area contributed by atoms with Gasteiger partial charge in [0.2, 0.25) is 40.7 Å². The molecule has 1 fully saturated rings. The zero-order valence-corrected chi connectivity index (χ0v) is 20.5. The van der Waals surface area contributed by atoms with Crippen LogP contribution in [0, 0.1) is 29.1 Å². The monoisotopic (exact) mass is 584 g/mol. The molecule has 1 aliphatic heterocycles. The number of nitrogens with zero attached hydrogens (tertiary/aromatic N) is 3. The van der Waals surface area contributed by atoms with Gasteiger partial charge in [-0.05, 0) is 0 Å². The van der Waals surface area contributed by atoms with Crippen LogP contribution in [0.3, 0.4) is 0 Å². The molecule has 1 aromatic carbocycles. The number of hydrogen-bond donors (Lipinski definition) is 4. The molecule has 2 heterocycles. The zero-order chi connectivity index (χ0) is 29.6. The Bertz CT molecular complexity index is 1170. The van der Waals surface area contributed by atoms with Crippen molar-refractivity contribution in [3.63, 3.8) is 0 Å². The molecule has 1 aromatic heterocycles. The molecule has 0 saturated carbocycles. The molecule has 222 valence electrons. The maximum absolute atomic E-state index is 13.6. The van der Waals surface area contributed by atoms with Gasteiger partial charge in [0.05, 0.1) is 51.0 Å². The fraction of sp³-hybridized carbons (Fsp3) is 0.545. The number of amides is 1. The number of carbonyl (C=O) groups excluding carboxylic acids is 2. The van der Waals surface area contributed by atoms with Crippen molar-refractivity contribution in [2.24, 2.45) is 5.73 Å². The molecule has 2 aromatic rings. The highest BCUT2D eigenvalue weighted by molar-refractivity contribution is 5.74. The third-order valence-corrected chi connectivity index (χ3v) is 5.60. The molecule has 0 radical (unpaired) electrons. The van der Waals surface area contributed by atoms with Gasteiger partial charge in [-0.25, -0.2) is 17.9 Å². The highest BCUT2D eigenvalue weighted by Crippen LogP contribution is 2.29. The number of primary amides is 1. The van der Waals surface area contributed by atoms with Crippen molar-refractivity contribution >= 4 is 11.9 Å². The second-order valence-electron chi connectivity index (χ2n) is 8.51. The van der Waals surface area contributed by atoms with Gasteiger partial charge in [0.25, 0.3) is 0 Å². The van der Waals surface area contributed by atoms with E-state index < -0.39 is 90.3 Å². The third kappa shape index (κ3) is 7.67. The van der Waals surface area contributed by atoms with Crippen molar-refractivity contribution in [2.75, 3.05) is 19.8 Å². The molecule has 1 saturated heterocycles. The molecule has 0 unspecified atom stereocenters. The normalized spacial score (nSPS) is 22.9. The van der Waals surface area contributed by atoms with Crippen molar-refractivity contribution < 1.29 is 65.8 Å². The number of nitrogens with two attached hydrogens (primary N) is 1. The van der Waals surface area contributed by atoms with E-state index >= 15 is 0 Å². The minimum atomic E-state index is -2.38. The van der Waals surface area contributed by atoms with E-state index in [2.05, 4.69) is 15.0 Å². The number of halogens is 5. The average molecular weight is 584 g/mol. The van der Waals surface area contributed by atoms with Crippen LogP contribution in [0.1, 0.15) is 18.5 Å². The van der Waals surface area contributed by atoms with Crippen LogP contribution in [0.25, 0.3) is 0 Å². The summed E-state index contributed by atoms with van der Waals surface area (Å²) >= 11 is 0. The first-order chi connectivity index (χ1) is 18.9. The number of rotatable bonds is 13. The van der Waals surface area contributed by atoms with Gasteiger partial charge >= 0.3 is 5.97 Å². The van der Waals surface area contributed by atoms with Crippen LogP contribution < -0.4 is 10.5 Å². The van der Waals surface area contributed by atoms with E-state index in [1.807, 2.05) is 0 Å². The largest absolute Gasteiger partial charge is 0.420 e. The van der Waals surface area contributed by atoms with E-state index in [-0.39, 0.29) is 32.8 Å². The highest BCUT2D eigenvalue weighted by atomic mass is 19.2. The zero-order valence-electron chi connectivity index (χ0n) is 20.5. The van der Waals surface area contributed by atoms with Crippen LogP contribution >= 0.6 is 0 Å². The summed E-state index contributed by atoms with van der Waals surface area (Å²) in [6, 6.07) is 0. The van der Waals surface area contributed by atoms with Crippen molar-refractivity contribution in [3.05, 3.63) is 41.0 Å². The lowest BCUT2D eigenvalue weighted by atomic mass is 9.97. The van der Waals surface area contributed by atoms with E-state index in [1.165, 1.54) is 10.9 Å². The van der Waals surface area contributed by atoms with E-state index in [4.69, 9.17) is 19.9 Å². The third-order valence-electron chi connectivity index (χ3n) is 5.60. The van der Waals surface area contributed by atoms with Gasteiger partial charge in [-0.1, -0.05) is 5.21 Å². The first-order valence-electron chi connectivity index (χ1n) is 11.7. The Labute approximate surface area is 222 Å². The van der Waals surface area contributed by atoms with E-state index in [1.54, 1.807) is 0 Å². The van der Waals surface area contributed by atoms with E-state index in [0.29, 0.717) is 5.69 Å². The summed E-state index contributed by atoms with van der Waals surface area (Å²) in [5.41, 5.74) is 5.54. The van der Waals surface area contributed by atoms with E-state index in [9.17, 15) is 46.9 Å². The Hall–Kier alpha value is -3.29. The quantitative estimate of drug-likeness (QED) is 0.0578. The second kappa shape index (κ2) is 13.9. The van der Waals surface area contributed by atoms with Gasteiger partial charge in [-0.15, -0.1) is 5.10 Å². The van der Waals surface area contributed by atoms with Crippen LogP contribution in [-0.4, -0.2) is 92.7 Å². The van der Waals surface area contributed by atoms with Crippen molar-refractivity contribution in [3.8, 4) is 5.75 Å². The molecule has 1 aliphatic rings. The topological polar surface area (TPSA) is 188 Å². The van der Waals surface area contributed by atoms with Crippen molar-refractivity contribution in [1.82, 2.24) is 15.0 Å². The van der Waals surface area contributed by atoms with Gasteiger partial charge in [0.15, 0.2) is 6.29 Å². The molecule has 0 aliphatic carbocycles. The number of ether oxygens (including phenoxy) is 4. The summed E-state index contributed by atoms with van der Waals surface area (Å²) in [5.74, 6) is -15.2. The molecule has 1 amide bonds. The van der Waals surface area contributed by atoms with Crippen LogP contribution in [0.15, 0.2) is 6.20 Å². The Balaban J connectivity index is 1.36. The number of carbonyl (C=O) groups is 2. The lowest BCUT2D eigenvalue weighted by Crippen LogP contribution is -2.58. The molecule has 40 heavy (non-hydrogen) atoms. The van der Waals surface area contributed by atoms with Gasteiger partial charge in [-0.2, -0.15) is 8.78 Å². The summed E-state index contributed by atoms with van der Waals surface area (Å²) in [5, 5.41) is 37.6. The van der Waals surface area contributed by atoms with Gasteiger partial charge in [0, 0.05) is 12.6 Å². The molecular weight excluding hydrogens is 559 g/mol. The number of aliphatic hydroxyl groups excluding tert-OH is 3. The van der Waals surface area contributed by atoms with E-state index in [0.717, 1.165) is 0 Å². The predicted octanol–water partition coefficient (Wildman–Crippen LogP) is -0.772. The minimum Gasteiger partial charge on any atom is -0.420 e. The number of aromatic nitrogens is 3. The van der Waals surface area contributed by atoms with Crippen molar-refractivity contribution in [2.45, 2.75) is 56.5 Å². The molecule has 0 bridgehead atoms. The second-order valence-corrected chi connectivity index (χ2v) is 8.51. The lowest BCUT2D eigenvalue weighted by molar-refractivity contribution is -0.296. The first kappa shape index (κ1) is 31.2. The van der Waals surface area contributed by atoms with Crippen LogP contribution in [0.2, 0.25) is 0 Å². The van der Waals surface area contributed by atoms with Crippen LogP contribution in [0.5, 0.6) is 5.75 Å². The number of benzene rings is 1. The number of esters is 1. The Morgan fingerprint density at radius 3 is 2.25 bits per heavy atom. The molecule has 5 atom stereocenters. The van der Waals surface area contributed by atoms with Crippen molar-refractivity contribution in [1.29, 1.82) is 0 Å². The number of hydrogen-bond acceptors (Lipinski definition) is 11. The Morgan fingerprint density at radius 2 is 1.60 bits per heavy atom. The standard InChI is InChI=1S/C22H25F5N4O9/c23-13-14(24)16(26)21(17(27)15(13)25)40-12(33)2-4-37-6-3-31-8-9(29-30-31)1-5-38-22-20(36)19(35)18(34)10(39-22)7-11(28)32/h8,10,18-20,22,34-36H,1-7H2,(H2,28,32)/t10-,18-,19+,20+,22+/m1/s1. The predicted molar refractivity (Wildman–Crippen MR) is 117 cm³/mol. The summed E-state index contributed by atoms with van der Waals surface area (Å²) in [7, 11) is 0. The first-order valence-corrected chi connectivity index (χ1v) is 11.7. The molecule has 5 N–H and O–H groups in total. The van der Waals surface area contributed by atoms with Crippen LogP contribution in [0.4, 0.5) is 22.0 Å². The highest BCUT2D eigenvalue weighted by Gasteiger charge is 2.44.